The smallest absolute Gasteiger partial charge is 0.00162 e. The largest absolute Gasteiger partial charge is 0.306 e. The van der Waals surface area contributed by atoms with Gasteiger partial charge in [-0.15, -0.1) is 0 Å². The molecule has 1 heteroatoms. The van der Waals surface area contributed by atoms with E-state index in [0.29, 0.717) is 0 Å². The maximum Gasteiger partial charge on any atom is -0.00162 e. The molecule has 0 aromatic heterocycles. The number of hydrogen-bond acceptors (Lipinski definition) is 1. The summed E-state index contributed by atoms with van der Waals surface area (Å²) in [4.78, 5) is 2.42. The number of likely N-dealkylation sites (tertiary alicyclic amines) is 1. The molecule has 0 aromatic carbocycles. The average molecular weight is 167 g/mol. The highest BCUT2D eigenvalue weighted by Crippen LogP contribution is 2.17. The Hall–Kier alpha value is -0.300. The normalized spacial score (nSPS) is 22.2. The lowest BCUT2D eigenvalue weighted by molar-refractivity contribution is 0.244. The van der Waals surface area contributed by atoms with Crippen LogP contribution in [0, 0.1) is 5.92 Å². The van der Waals surface area contributed by atoms with Gasteiger partial charge in [0, 0.05) is 0 Å². The van der Waals surface area contributed by atoms with Crippen LogP contribution in [0.1, 0.15) is 32.6 Å². The Balaban J connectivity index is 2.17. The van der Waals surface area contributed by atoms with Crippen LogP contribution in [0.3, 0.4) is 0 Å². The van der Waals surface area contributed by atoms with Gasteiger partial charge in [0.1, 0.15) is 0 Å². The van der Waals surface area contributed by atoms with Crippen molar-refractivity contribution in [3.05, 3.63) is 12.2 Å². The van der Waals surface area contributed by atoms with Gasteiger partial charge in [0.15, 0.2) is 0 Å². The predicted octanol–water partition coefficient (Wildman–Crippen LogP) is 2.68. The van der Waals surface area contributed by atoms with Crippen molar-refractivity contribution in [3.63, 3.8) is 0 Å². The highest BCUT2D eigenvalue weighted by Gasteiger charge is 2.12. The van der Waals surface area contributed by atoms with Crippen LogP contribution in [0.25, 0.3) is 0 Å². The van der Waals surface area contributed by atoms with E-state index in [1.165, 1.54) is 38.8 Å². The first kappa shape index (κ1) is 9.79. The van der Waals surface area contributed by atoms with Gasteiger partial charge in [-0.1, -0.05) is 25.5 Å². The number of rotatable bonds is 3. The first-order valence-electron chi connectivity index (χ1n) is 5.18. The number of hydrogen-bond donors (Lipinski definition) is 0. The first-order valence-corrected chi connectivity index (χ1v) is 5.18. The van der Waals surface area contributed by atoms with Crippen LogP contribution < -0.4 is 0 Å². The second kappa shape index (κ2) is 5.36. The van der Waals surface area contributed by atoms with Crippen LogP contribution in [0.5, 0.6) is 0 Å². The van der Waals surface area contributed by atoms with Crippen molar-refractivity contribution in [3.8, 4) is 0 Å². The molecule has 0 spiro atoms. The van der Waals surface area contributed by atoms with E-state index in [-0.39, 0.29) is 0 Å². The summed E-state index contributed by atoms with van der Waals surface area (Å²) < 4.78 is 0. The zero-order valence-electron chi connectivity index (χ0n) is 8.42. The summed E-state index contributed by atoms with van der Waals surface area (Å²) >= 11 is 0. The number of unbranched alkanes of at least 4 members (excludes halogenated alkanes) is 1. The summed E-state index contributed by atoms with van der Waals surface area (Å²) in [5.74, 6) is 0.868. The number of allylic oxidation sites excluding steroid dienone is 2. The second-order valence-electron chi connectivity index (χ2n) is 3.86. The van der Waals surface area contributed by atoms with Crippen LogP contribution in [0.4, 0.5) is 0 Å². The molecule has 0 bridgehead atoms. The number of piperidine rings is 1. The molecule has 0 atom stereocenters. The van der Waals surface area contributed by atoms with E-state index in [2.05, 4.69) is 31.0 Å². The van der Waals surface area contributed by atoms with Crippen LogP contribution in [0.15, 0.2) is 12.2 Å². The maximum absolute atomic E-state index is 2.43. The minimum Gasteiger partial charge on any atom is -0.306 e. The molecule has 1 heterocycles. The third-order valence-corrected chi connectivity index (χ3v) is 2.63. The summed E-state index contributed by atoms with van der Waals surface area (Å²) in [7, 11) is 2.21. The Morgan fingerprint density at radius 3 is 2.58 bits per heavy atom. The lowest BCUT2D eigenvalue weighted by atomic mass is 9.96. The van der Waals surface area contributed by atoms with E-state index < -0.39 is 0 Å². The van der Waals surface area contributed by atoms with Gasteiger partial charge >= 0.3 is 0 Å². The molecule has 70 valence electrons. The van der Waals surface area contributed by atoms with E-state index >= 15 is 0 Å². The molecule has 1 rings (SSSR count). The van der Waals surface area contributed by atoms with E-state index in [4.69, 9.17) is 0 Å². The molecule has 1 nitrogen and oxygen atoms in total. The van der Waals surface area contributed by atoms with Crippen LogP contribution in [0.2, 0.25) is 0 Å². The van der Waals surface area contributed by atoms with Crippen LogP contribution in [-0.2, 0) is 0 Å². The van der Waals surface area contributed by atoms with E-state index in [1.54, 1.807) is 0 Å². The Morgan fingerprint density at radius 1 is 1.33 bits per heavy atom. The fourth-order valence-electron chi connectivity index (χ4n) is 1.68. The van der Waals surface area contributed by atoms with Gasteiger partial charge in [0.2, 0.25) is 0 Å². The van der Waals surface area contributed by atoms with Crippen molar-refractivity contribution in [1.29, 1.82) is 0 Å². The zero-order chi connectivity index (χ0) is 8.81. The molecule has 1 aliphatic heterocycles. The fourth-order valence-corrected chi connectivity index (χ4v) is 1.68. The Bertz CT molecular complexity index is 132. The molecule has 0 amide bonds. The van der Waals surface area contributed by atoms with Gasteiger partial charge in [-0.3, -0.25) is 0 Å². The molecular formula is C11H21N. The topological polar surface area (TPSA) is 3.24 Å². The highest BCUT2D eigenvalue weighted by atomic mass is 15.1. The summed E-state index contributed by atoms with van der Waals surface area (Å²) in [6.07, 6.45) is 10.0. The Labute approximate surface area is 76.5 Å². The monoisotopic (exact) mass is 167 g/mol. The highest BCUT2D eigenvalue weighted by molar-refractivity contribution is 4.90. The quantitative estimate of drug-likeness (QED) is 0.584. The molecule has 1 fully saturated rings. The second-order valence-corrected chi connectivity index (χ2v) is 3.86. The van der Waals surface area contributed by atoms with Crippen molar-refractivity contribution in [2.75, 3.05) is 20.1 Å². The molecule has 0 unspecified atom stereocenters. The van der Waals surface area contributed by atoms with Gasteiger partial charge in [0.25, 0.3) is 0 Å². The Morgan fingerprint density at radius 2 is 2.00 bits per heavy atom. The molecule has 0 radical (unpaired) electrons. The van der Waals surface area contributed by atoms with Gasteiger partial charge in [0.05, 0.1) is 0 Å². The molecule has 0 aliphatic carbocycles. The third kappa shape index (κ3) is 3.40. The lowest BCUT2D eigenvalue weighted by Crippen LogP contribution is -2.29. The van der Waals surface area contributed by atoms with Crippen LogP contribution in [-0.4, -0.2) is 25.0 Å². The van der Waals surface area contributed by atoms with Crippen molar-refractivity contribution in [2.24, 2.45) is 5.92 Å². The minimum absolute atomic E-state index is 0.868. The standard InChI is InChI=1S/C11H21N/c1-3-4-5-6-11-7-9-12(2)10-8-11/h5-6,11H,3-4,7-10H2,1-2H3. The third-order valence-electron chi connectivity index (χ3n) is 2.63. The molecule has 12 heavy (non-hydrogen) atoms. The summed E-state index contributed by atoms with van der Waals surface area (Å²) in [5.41, 5.74) is 0. The van der Waals surface area contributed by atoms with E-state index in [0.717, 1.165) is 5.92 Å². The van der Waals surface area contributed by atoms with Crippen molar-refractivity contribution >= 4 is 0 Å². The van der Waals surface area contributed by atoms with Crippen molar-refractivity contribution < 1.29 is 0 Å². The first-order chi connectivity index (χ1) is 5.83. The predicted molar refractivity (Wildman–Crippen MR) is 54.3 cm³/mol. The minimum atomic E-state index is 0.868. The maximum atomic E-state index is 2.43. The zero-order valence-corrected chi connectivity index (χ0v) is 8.42. The van der Waals surface area contributed by atoms with E-state index in [9.17, 15) is 0 Å². The number of nitrogens with zero attached hydrogens (tertiary/aromatic N) is 1. The molecule has 1 aliphatic rings. The molecule has 0 aromatic rings. The molecule has 1 saturated heterocycles. The lowest BCUT2D eigenvalue weighted by Gasteiger charge is -2.26. The molecule has 0 N–H and O–H groups in total. The van der Waals surface area contributed by atoms with E-state index in [1.807, 2.05) is 0 Å². The summed E-state index contributed by atoms with van der Waals surface area (Å²) in [6.45, 7) is 4.79. The average Bonchev–Trinajstić information content (AvgIpc) is 2.09. The summed E-state index contributed by atoms with van der Waals surface area (Å²) in [6, 6.07) is 0. The van der Waals surface area contributed by atoms with Crippen molar-refractivity contribution in [1.82, 2.24) is 4.90 Å². The van der Waals surface area contributed by atoms with Gasteiger partial charge in [-0.2, -0.15) is 0 Å². The fraction of sp³-hybridized carbons (Fsp3) is 0.818. The van der Waals surface area contributed by atoms with Crippen molar-refractivity contribution in [2.45, 2.75) is 32.6 Å². The van der Waals surface area contributed by atoms with Gasteiger partial charge in [-0.25, -0.2) is 0 Å². The van der Waals surface area contributed by atoms with Gasteiger partial charge in [-0.05, 0) is 45.3 Å². The Kier molecular flexibility index (Phi) is 4.37. The van der Waals surface area contributed by atoms with Crippen LogP contribution >= 0.6 is 0 Å². The van der Waals surface area contributed by atoms with Gasteiger partial charge < -0.3 is 4.90 Å². The molecule has 0 saturated carbocycles. The molecular weight excluding hydrogens is 146 g/mol. The SMILES string of the molecule is CCCC=CC1CCN(C)CC1. The summed E-state index contributed by atoms with van der Waals surface area (Å²) in [5, 5.41) is 0.